The lowest BCUT2D eigenvalue weighted by Crippen LogP contribution is -2.16. The molecule has 0 atom stereocenters. The molecule has 3 nitrogen and oxygen atoms in total. The normalized spacial score (nSPS) is 15.2. The Morgan fingerprint density at radius 3 is 2.74 bits per heavy atom. The van der Waals surface area contributed by atoms with Gasteiger partial charge in [-0.1, -0.05) is 37.5 Å². The molecule has 1 aromatic carbocycles. The zero-order chi connectivity index (χ0) is 13.1. The first kappa shape index (κ1) is 12.3. The number of para-hydroxylation sites is 1. The van der Waals surface area contributed by atoms with Gasteiger partial charge in [-0.25, -0.2) is 4.98 Å². The summed E-state index contributed by atoms with van der Waals surface area (Å²) in [4.78, 5) is 4.58. The zero-order valence-corrected chi connectivity index (χ0v) is 11.5. The molecular formula is C16H21N3. The Balaban J connectivity index is 1.70. The lowest BCUT2D eigenvalue weighted by molar-refractivity contribution is 0.302. The van der Waals surface area contributed by atoms with Gasteiger partial charge < -0.3 is 5.32 Å². The van der Waals surface area contributed by atoms with Gasteiger partial charge in [-0.15, -0.1) is 0 Å². The highest BCUT2D eigenvalue weighted by Gasteiger charge is 2.17. The van der Waals surface area contributed by atoms with Crippen molar-refractivity contribution >= 4 is 5.95 Å². The van der Waals surface area contributed by atoms with Crippen LogP contribution in [0.5, 0.6) is 0 Å². The average molecular weight is 255 g/mol. The van der Waals surface area contributed by atoms with Gasteiger partial charge in [-0.3, -0.25) is 4.57 Å². The minimum absolute atomic E-state index is 0.939. The highest BCUT2D eigenvalue weighted by molar-refractivity contribution is 5.42. The van der Waals surface area contributed by atoms with Gasteiger partial charge in [0, 0.05) is 18.4 Å². The van der Waals surface area contributed by atoms with Gasteiger partial charge in [-0.05, 0) is 31.4 Å². The van der Waals surface area contributed by atoms with Crippen LogP contribution in [0.1, 0.15) is 31.4 Å². The van der Waals surface area contributed by atoms with Crippen molar-refractivity contribution in [3.63, 3.8) is 0 Å². The third-order valence-corrected chi connectivity index (χ3v) is 3.92. The number of aromatic nitrogens is 2. The van der Waals surface area contributed by atoms with Crippen molar-refractivity contribution in [3.05, 3.63) is 42.2 Å². The lowest BCUT2D eigenvalue weighted by Gasteiger charge is -2.25. The van der Waals surface area contributed by atoms with E-state index in [1.54, 1.807) is 0 Å². The summed E-state index contributed by atoms with van der Waals surface area (Å²) in [7, 11) is 0. The van der Waals surface area contributed by atoms with Gasteiger partial charge >= 0.3 is 0 Å². The number of aryl methyl sites for hydroxylation is 1. The smallest absolute Gasteiger partial charge is 0.207 e. The Morgan fingerprint density at radius 2 is 2.05 bits per heavy atom. The number of nitrogens with zero attached hydrogens (tertiary/aromatic N) is 2. The number of benzene rings is 1. The first-order valence-electron chi connectivity index (χ1n) is 7.18. The van der Waals surface area contributed by atoms with Crippen LogP contribution in [0, 0.1) is 12.8 Å². The third-order valence-electron chi connectivity index (χ3n) is 3.92. The van der Waals surface area contributed by atoms with Gasteiger partial charge in [-0.2, -0.15) is 0 Å². The number of anilines is 1. The molecule has 1 fully saturated rings. The van der Waals surface area contributed by atoms with Gasteiger partial charge in [0.05, 0.1) is 5.69 Å². The van der Waals surface area contributed by atoms with Crippen molar-refractivity contribution in [2.45, 2.75) is 32.6 Å². The molecule has 3 heteroatoms. The Kier molecular flexibility index (Phi) is 3.53. The molecule has 0 radical (unpaired) electrons. The quantitative estimate of drug-likeness (QED) is 0.881. The van der Waals surface area contributed by atoms with E-state index in [0.717, 1.165) is 29.8 Å². The number of rotatable bonds is 5. The van der Waals surface area contributed by atoms with E-state index in [2.05, 4.69) is 45.3 Å². The predicted octanol–water partition coefficient (Wildman–Crippen LogP) is 3.78. The molecule has 0 aliphatic heterocycles. The van der Waals surface area contributed by atoms with E-state index < -0.39 is 0 Å². The first-order chi connectivity index (χ1) is 9.33. The second kappa shape index (κ2) is 5.47. The first-order valence-corrected chi connectivity index (χ1v) is 7.18. The monoisotopic (exact) mass is 255 g/mol. The Labute approximate surface area is 114 Å². The van der Waals surface area contributed by atoms with E-state index in [1.807, 2.05) is 13.0 Å². The number of imidazole rings is 1. The molecule has 100 valence electrons. The van der Waals surface area contributed by atoms with E-state index in [-0.39, 0.29) is 0 Å². The SMILES string of the molecule is Cc1cn(-c2ccccc2)c(NCCC2CCC2)n1. The third kappa shape index (κ3) is 2.80. The molecule has 1 saturated carbocycles. The molecular weight excluding hydrogens is 234 g/mol. The van der Waals surface area contributed by atoms with E-state index >= 15 is 0 Å². The summed E-state index contributed by atoms with van der Waals surface area (Å²) in [6.45, 7) is 3.06. The minimum atomic E-state index is 0.939. The molecule has 0 unspecified atom stereocenters. The van der Waals surface area contributed by atoms with E-state index in [9.17, 15) is 0 Å². The van der Waals surface area contributed by atoms with Crippen LogP contribution in [-0.4, -0.2) is 16.1 Å². The van der Waals surface area contributed by atoms with Crippen LogP contribution in [0.2, 0.25) is 0 Å². The second-order valence-corrected chi connectivity index (χ2v) is 5.42. The van der Waals surface area contributed by atoms with Crippen LogP contribution < -0.4 is 5.32 Å². The van der Waals surface area contributed by atoms with Crippen LogP contribution in [-0.2, 0) is 0 Å². The summed E-state index contributed by atoms with van der Waals surface area (Å²) in [5.41, 5.74) is 2.21. The predicted molar refractivity (Wildman–Crippen MR) is 78.7 cm³/mol. The van der Waals surface area contributed by atoms with Crippen LogP contribution in [0.15, 0.2) is 36.5 Å². The van der Waals surface area contributed by atoms with Gasteiger partial charge in [0.2, 0.25) is 5.95 Å². The molecule has 19 heavy (non-hydrogen) atoms. The van der Waals surface area contributed by atoms with Crippen molar-refractivity contribution in [2.24, 2.45) is 5.92 Å². The fraction of sp³-hybridized carbons (Fsp3) is 0.438. The van der Waals surface area contributed by atoms with Crippen molar-refractivity contribution in [1.29, 1.82) is 0 Å². The van der Waals surface area contributed by atoms with E-state index in [0.29, 0.717) is 0 Å². The Morgan fingerprint density at radius 1 is 1.26 bits per heavy atom. The number of hydrogen-bond acceptors (Lipinski definition) is 2. The minimum Gasteiger partial charge on any atom is -0.355 e. The van der Waals surface area contributed by atoms with Gasteiger partial charge in [0.15, 0.2) is 0 Å². The maximum Gasteiger partial charge on any atom is 0.207 e. The highest BCUT2D eigenvalue weighted by atomic mass is 15.2. The molecule has 1 aliphatic rings. The van der Waals surface area contributed by atoms with Gasteiger partial charge in [0.1, 0.15) is 0 Å². The van der Waals surface area contributed by atoms with Crippen LogP contribution >= 0.6 is 0 Å². The average Bonchev–Trinajstić information content (AvgIpc) is 2.75. The fourth-order valence-electron chi connectivity index (χ4n) is 2.58. The Bertz CT molecular complexity index is 526. The fourth-order valence-corrected chi connectivity index (χ4v) is 2.58. The molecule has 1 N–H and O–H groups in total. The molecule has 0 bridgehead atoms. The van der Waals surface area contributed by atoms with Gasteiger partial charge in [0.25, 0.3) is 0 Å². The summed E-state index contributed by atoms with van der Waals surface area (Å²) in [6.07, 6.45) is 7.59. The topological polar surface area (TPSA) is 29.9 Å². The summed E-state index contributed by atoms with van der Waals surface area (Å²) in [5, 5.41) is 3.48. The number of hydrogen-bond donors (Lipinski definition) is 1. The summed E-state index contributed by atoms with van der Waals surface area (Å²) < 4.78 is 2.14. The molecule has 1 aromatic heterocycles. The molecule has 0 saturated heterocycles. The number of nitrogens with one attached hydrogen (secondary N) is 1. The van der Waals surface area contributed by atoms with Crippen molar-refractivity contribution in [2.75, 3.05) is 11.9 Å². The van der Waals surface area contributed by atoms with Crippen LogP contribution in [0.3, 0.4) is 0 Å². The standard InChI is InChI=1S/C16H21N3/c1-13-12-19(15-8-3-2-4-9-15)16(18-13)17-11-10-14-6-5-7-14/h2-4,8-9,12,14H,5-7,10-11H2,1H3,(H,17,18). The summed E-state index contributed by atoms with van der Waals surface area (Å²) in [5.74, 6) is 1.90. The van der Waals surface area contributed by atoms with Crippen LogP contribution in [0.25, 0.3) is 5.69 Å². The maximum atomic E-state index is 4.58. The second-order valence-electron chi connectivity index (χ2n) is 5.42. The molecule has 1 heterocycles. The molecule has 0 spiro atoms. The van der Waals surface area contributed by atoms with Crippen molar-refractivity contribution < 1.29 is 0 Å². The molecule has 1 aliphatic carbocycles. The molecule has 2 aromatic rings. The van der Waals surface area contributed by atoms with Crippen molar-refractivity contribution in [1.82, 2.24) is 9.55 Å². The lowest BCUT2D eigenvalue weighted by atomic mass is 9.83. The maximum absolute atomic E-state index is 4.58. The van der Waals surface area contributed by atoms with Crippen molar-refractivity contribution in [3.8, 4) is 5.69 Å². The molecule has 3 rings (SSSR count). The van der Waals surface area contributed by atoms with E-state index in [4.69, 9.17) is 0 Å². The Hall–Kier alpha value is -1.77. The summed E-state index contributed by atoms with van der Waals surface area (Å²) >= 11 is 0. The highest BCUT2D eigenvalue weighted by Crippen LogP contribution is 2.29. The van der Waals surface area contributed by atoms with E-state index in [1.165, 1.54) is 25.7 Å². The zero-order valence-electron chi connectivity index (χ0n) is 11.5. The molecule has 0 amide bonds. The largest absolute Gasteiger partial charge is 0.355 e. The van der Waals surface area contributed by atoms with Crippen LogP contribution in [0.4, 0.5) is 5.95 Å². The summed E-state index contributed by atoms with van der Waals surface area (Å²) in [6, 6.07) is 10.4.